The Morgan fingerprint density at radius 2 is 2.14 bits per heavy atom. The molecule has 0 bridgehead atoms. The van der Waals surface area contributed by atoms with Gasteiger partial charge in [-0.1, -0.05) is 13.8 Å². The number of aliphatic hydroxyl groups excluding tert-OH is 1. The van der Waals surface area contributed by atoms with E-state index in [1.165, 1.54) is 10.9 Å². The molecule has 1 aliphatic carbocycles. The van der Waals surface area contributed by atoms with Crippen molar-refractivity contribution in [1.82, 2.24) is 19.5 Å². The lowest BCUT2D eigenvalue weighted by atomic mass is 9.97. The molecule has 1 unspecified atom stereocenters. The molecule has 1 aliphatic heterocycles. The zero-order valence-electron chi connectivity index (χ0n) is 16.0. The lowest BCUT2D eigenvalue weighted by Gasteiger charge is -2.29. The van der Waals surface area contributed by atoms with E-state index >= 15 is 0 Å². The van der Waals surface area contributed by atoms with Gasteiger partial charge in [0.15, 0.2) is 29.3 Å². The standard InChI is InChI=1S/C17H21N7O5/c1-4-20-12-8-13(23-7(5-18)22-12)24(6-21-8)14-17(28)15(2,3)16(17,27)10(29-14)9(25)11(19)26/h6,9-10,14,25,27-28H,4H2,1-3H3,(H2,19,26)(H,20,22,23)/t9?,10-,14-,16-,17+/m1/s1. The number of nitriles is 1. The normalized spacial score (nSPS) is 33.1. The van der Waals surface area contributed by atoms with E-state index in [4.69, 9.17) is 10.5 Å². The maximum atomic E-state index is 11.5. The second-order valence-electron chi connectivity index (χ2n) is 7.78. The first kappa shape index (κ1) is 19.5. The summed E-state index contributed by atoms with van der Waals surface area (Å²) in [5, 5.41) is 44.9. The number of carbonyl (C=O) groups excluding carboxylic acids is 1. The quantitative estimate of drug-likeness (QED) is 0.387. The van der Waals surface area contributed by atoms with Gasteiger partial charge in [-0.25, -0.2) is 4.98 Å². The van der Waals surface area contributed by atoms with Crippen molar-refractivity contribution < 1.29 is 24.9 Å². The fraction of sp³-hybridized carbons (Fsp3) is 0.588. The number of rotatable bonds is 5. The highest BCUT2D eigenvalue weighted by Crippen LogP contribution is 2.75. The molecule has 0 spiro atoms. The number of fused-ring (bicyclic) bond motifs is 2. The molecule has 154 valence electrons. The fourth-order valence-electron chi connectivity index (χ4n) is 4.45. The van der Waals surface area contributed by atoms with Crippen LogP contribution >= 0.6 is 0 Å². The molecule has 29 heavy (non-hydrogen) atoms. The lowest BCUT2D eigenvalue weighted by Crippen LogP contribution is -2.48. The molecular formula is C17H21N7O5. The van der Waals surface area contributed by atoms with E-state index in [2.05, 4.69) is 20.3 Å². The number of hydrogen-bond acceptors (Lipinski definition) is 10. The van der Waals surface area contributed by atoms with Crippen molar-refractivity contribution in [3.05, 3.63) is 12.2 Å². The number of imidazole rings is 1. The number of nitrogens with two attached hydrogens (primary N) is 1. The summed E-state index contributed by atoms with van der Waals surface area (Å²) in [6, 6.07) is 1.87. The first-order chi connectivity index (χ1) is 13.6. The summed E-state index contributed by atoms with van der Waals surface area (Å²) in [6.07, 6.45) is -3.22. The molecule has 1 saturated heterocycles. The number of hydrogen-bond donors (Lipinski definition) is 5. The summed E-state index contributed by atoms with van der Waals surface area (Å²) >= 11 is 0. The molecule has 1 amide bonds. The van der Waals surface area contributed by atoms with E-state index < -0.39 is 41.0 Å². The third kappa shape index (κ3) is 2.10. The number of aliphatic hydroxyl groups is 3. The summed E-state index contributed by atoms with van der Waals surface area (Å²) in [5.74, 6) is -0.885. The average molecular weight is 403 g/mol. The molecule has 2 aliphatic rings. The van der Waals surface area contributed by atoms with Crippen LogP contribution in [0.2, 0.25) is 0 Å². The molecule has 1 saturated carbocycles. The zero-order valence-corrected chi connectivity index (χ0v) is 16.0. The second kappa shape index (κ2) is 5.83. The van der Waals surface area contributed by atoms with Gasteiger partial charge in [-0.2, -0.15) is 15.2 Å². The Bertz CT molecular complexity index is 1060. The van der Waals surface area contributed by atoms with Gasteiger partial charge in [0.05, 0.1) is 6.33 Å². The van der Waals surface area contributed by atoms with Crippen LogP contribution < -0.4 is 11.1 Å². The number of carbonyl (C=O) groups is 1. The molecule has 0 aromatic carbocycles. The summed E-state index contributed by atoms with van der Waals surface area (Å²) < 4.78 is 7.08. The first-order valence-corrected chi connectivity index (χ1v) is 9.02. The van der Waals surface area contributed by atoms with Crippen molar-refractivity contribution in [2.75, 3.05) is 11.9 Å². The lowest BCUT2D eigenvalue weighted by molar-refractivity contribution is -0.160. The minimum Gasteiger partial charge on any atom is -0.383 e. The Morgan fingerprint density at radius 1 is 1.45 bits per heavy atom. The summed E-state index contributed by atoms with van der Waals surface area (Å²) in [6.45, 7) is 5.54. The van der Waals surface area contributed by atoms with Crippen LogP contribution in [-0.4, -0.2) is 70.7 Å². The molecule has 0 radical (unpaired) electrons. The summed E-state index contributed by atoms with van der Waals surface area (Å²) in [7, 11) is 0. The van der Waals surface area contributed by atoms with E-state index in [1.807, 2.05) is 13.0 Å². The highest BCUT2D eigenvalue weighted by Gasteiger charge is 2.93. The van der Waals surface area contributed by atoms with Crippen molar-refractivity contribution in [1.29, 1.82) is 5.26 Å². The molecule has 2 aromatic heterocycles. The average Bonchev–Trinajstić information content (AvgIpc) is 3.04. The van der Waals surface area contributed by atoms with Gasteiger partial charge < -0.3 is 31.1 Å². The summed E-state index contributed by atoms with van der Waals surface area (Å²) in [5.41, 5.74) is 0.753. The Morgan fingerprint density at radius 3 is 2.72 bits per heavy atom. The van der Waals surface area contributed by atoms with Crippen LogP contribution in [0.15, 0.2) is 6.33 Å². The molecule has 5 atom stereocenters. The largest absolute Gasteiger partial charge is 0.383 e. The molecule has 2 fully saturated rings. The van der Waals surface area contributed by atoms with Crippen molar-refractivity contribution in [3.8, 4) is 6.07 Å². The predicted molar refractivity (Wildman–Crippen MR) is 97.0 cm³/mol. The first-order valence-electron chi connectivity index (χ1n) is 9.02. The van der Waals surface area contributed by atoms with Gasteiger partial charge in [0.25, 0.3) is 0 Å². The molecule has 6 N–H and O–H groups in total. The van der Waals surface area contributed by atoms with Crippen LogP contribution in [0.5, 0.6) is 0 Å². The third-order valence-corrected chi connectivity index (χ3v) is 6.17. The highest BCUT2D eigenvalue weighted by atomic mass is 16.6. The Balaban J connectivity index is 1.88. The van der Waals surface area contributed by atoms with Crippen LogP contribution in [0.1, 0.15) is 32.8 Å². The topological polar surface area (TPSA) is 192 Å². The van der Waals surface area contributed by atoms with Crippen LogP contribution in [-0.2, 0) is 9.53 Å². The molecule has 4 rings (SSSR count). The van der Waals surface area contributed by atoms with Crippen LogP contribution in [0, 0.1) is 16.7 Å². The Kier molecular flexibility index (Phi) is 3.91. The Labute approximate surface area is 164 Å². The van der Waals surface area contributed by atoms with Gasteiger partial charge in [-0.15, -0.1) is 0 Å². The van der Waals surface area contributed by atoms with Gasteiger partial charge in [0.1, 0.15) is 23.4 Å². The van der Waals surface area contributed by atoms with Crippen molar-refractivity contribution >= 4 is 22.9 Å². The zero-order chi connectivity index (χ0) is 21.4. The van der Waals surface area contributed by atoms with E-state index in [0.29, 0.717) is 17.9 Å². The van der Waals surface area contributed by atoms with Gasteiger partial charge >= 0.3 is 0 Å². The number of aromatic nitrogens is 4. The third-order valence-electron chi connectivity index (χ3n) is 6.17. The predicted octanol–water partition coefficient (Wildman–Crippen LogP) is -1.62. The van der Waals surface area contributed by atoms with Gasteiger partial charge in [0, 0.05) is 12.0 Å². The monoisotopic (exact) mass is 403 g/mol. The van der Waals surface area contributed by atoms with E-state index in [0.717, 1.165) is 0 Å². The van der Waals surface area contributed by atoms with Gasteiger partial charge in [-0.3, -0.25) is 9.36 Å². The SMILES string of the molecule is CCNc1nc(C#N)nc2c1ncn2[C@@H]1O[C@H](C(O)C(N)=O)[C@@]2(O)C(C)(C)[C@@]12O. The molecule has 12 nitrogen and oxygen atoms in total. The van der Waals surface area contributed by atoms with Crippen LogP contribution in [0.4, 0.5) is 5.82 Å². The molecular weight excluding hydrogens is 382 g/mol. The maximum absolute atomic E-state index is 11.5. The van der Waals surface area contributed by atoms with E-state index in [9.17, 15) is 25.4 Å². The number of amides is 1. The second-order valence-corrected chi connectivity index (χ2v) is 7.78. The molecule has 12 heteroatoms. The van der Waals surface area contributed by atoms with Crippen molar-refractivity contribution in [2.24, 2.45) is 11.1 Å². The van der Waals surface area contributed by atoms with E-state index in [-0.39, 0.29) is 11.5 Å². The minimum absolute atomic E-state index is 0.126. The van der Waals surface area contributed by atoms with Gasteiger partial charge in [-0.05, 0) is 6.92 Å². The van der Waals surface area contributed by atoms with Gasteiger partial charge in [0.2, 0.25) is 11.7 Å². The molecule has 3 heterocycles. The van der Waals surface area contributed by atoms with Crippen molar-refractivity contribution in [2.45, 2.75) is 50.4 Å². The number of anilines is 1. The minimum atomic E-state index is -1.94. The smallest absolute Gasteiger partial charge is 0.249 e. The highest BCUT2D eigenvalue weighted by molar-refractivity contribution is 5.83. The van der Waals surface area contributed by atoms with Crippen molar-refractivity contribution in [3.63, 3.8) is 0 Å². The summed E-state index contributed by atoms with van der Waals surface area (Å²) in [4.78, 5) is 24.0. The van der Waals surface area contributed by atoms with Crippen LogP contribution in [0.25, 0.3) is 11.2 Å². The Hall–Kier alpha value is -2.85. The maximum Gasteiger partial charge on any atom is 0.249 e. The molecule has 2 aromatic rings. The number of primary amides is 1. The fourth-order valence-corrected chi connectivity index (χ4v) is 4.45. The number of nitrogens with zero attached hydrogens (tertiary/aromatic N) is 5. The van der Waals surface area contributed by atoms with Crippen LogP contribution in [0.3, 0.4) is 0 Å². The van der Waals surface area contributed by atoms with E-state index in [1.54, 1.807) is 13.8 Å². The number of ether oxygens (including phenoxy) is 1. The number of nitrogens with one attached hydrogen (secondary N) is 1.